The van der Waals surface area contributed by atoms with Crippen LogP contribution in [-0.4, -0.2) is 47.6 Å². The number of rotatable bonds is 9. The number of nitrogens with zero attached hydrogens (tertiary/aromatic N) is 3. The number of hydrogen-bond acceptors (Lipinski definition) is 5. The summed E-state index contributed by atoms with van der Waals surface area (Å²) in [6.07, 6.45) is 2.81. The third-order valence-electron chi connectivity index (χ3n) is 3.14. The molecule has 0 unspecified atom stereocenters. The Morgan fingerprint density at radius 3 is 2.32 bits per heavy atom. The molecule has 0 saturated heterocycles. The van der Waals surface area contributed by atoms with Gasteiger partial charge in [0.25, 0.3) is 0 Å². The van der Waals surface area contributed by atoms with Crippen molar-refractivity contribution in [2.75, 3.05) is 43.4 Å². The lowest BCUT2D eigenvalue weighted by Gasteiger charge is -2.20. The second-order valence-electron chi connectivity index (χ2n) is 4.59. The van der Waals surface area contributed by atoms with Gasteiger partial charge in [0.05, 0.1) is 0 Å². The first kappa shape index (κ1) is 15.7. The Bertz CT molecular complexity index is 367. The van der Waals surface area contributed by atoms with E-state index in [1.165, 1.54) is 6.42 Å². The lowest BCUT2D eigenvalue weighted by atomic mass is 10.3. The minimum Gasteiger partial charge on any atom is -0.370 e. The summed E-state index contributed by atoms with van der Waals surface area (Å²) in [5, 5.41) is 6.65. The van der Waals surface area contributed by atoms with Gasteiger partial charge in [0.2, 0.25) is 0 Å². The molecule has 2 N–H and O–H groups in total. The van der Waals surface area contributed by atoms with Gasteiger partial charge in [-0.15, -0.1) is 0 Å². The molecule has 1 rings (SSSR count). The Hall–Kier alpha value is -1.36. The van der Waals surface area contributed by atoms with Crippen molar-refractivity contribution in [3.05, 3.63) is 11.9 Å². The van der Waals surface area contributed by atoms with Crippen LogP contribution in [0.25, 0.3) is 0 Å². The smallest absolute Gasteiger partial charge is 0.134 e. The first-order valence-corrected chi connectivity index (χ1v) is 7.24. The number of nitrogens with one attached hydrogen (secondary N) is 2. The summed E-state index contributed by atoms with van der Waals surface area (Å²) in [6.45, 7) is 13.6. The predicted octanol–water partition coefficient (Wildman–Crippen LogP) is 2.36. The molecular weight excluding hydrogens is 238 g/mol. The average Bonchev–Trinajstić information content (AvgIpc) is 2.42. The van der Waals surface area contributed by atoms with Crippen LogP contribution < -0.4 is 10.6 Å². The predicted molar refractivity (Wildman–Crippen MR) is 81.8 cm³/mol. The second-order valence-corrected chi connectivity index (χ2v) is 4.59. The van der Waals surface area contributed by atoms with Crippen molar-refractivity contribution in [1.82, 2.24) is 14.9 Å². The van der Waals surface area contributed by atoms with Crippen molar-refractivity contribution >= 4 is 11.6 Å². The van der Waals surface area contributed by atoms with Crippen molar-refractivity contribution < 1.29 is 0 Å². The molecule has 0 spiro atoms. The van der Waals surface area contributed by atoms with Crippen molar-refractivity contribution in [2.24, 2.45) is 0 Å². The Labute approximate surface area is 116 Å². The second kappa shape index (κ2) is 8.69. The van der Waals surface area contributed by atoms with Crippen LogP contribution in [0.2, 0.25) is 0 Å². The van der Waals surface area contributed by atoms with Crippen LogP contribution in [0.1, 0.15) is 32.8 Å². The maximum Gasteiger partial charge on any atom is 0.134 e. The molecule has 19 heavy (non-hydrogen) atoms. The van der Waals surface area contributed by atoms with Gasteiger partial charge in [0.1, 0.15) is 18.0 Å². The first-order chi connectivity index (χ1) is 9.22. The van der Waals surface area contributed by atoms with Crippen LogP contribution in [0, 0.1) is 6.92 Å². The molecular formula is C14H27N5. The molecule has 5 nitrogen and oxygen atoms in total. The number of anilines is 2. The molecule has 1 aromatic rings. The molecule has 1 aromatic heterocycles. The maximum absolute atomic E-state index is 4.31. The average molecular weight is 265 g/mol. The molecule has 1 heterocycles. The van der Waals surface area contributed by atoms with Crippen molar-refractivity contribution in [2.45, 2.75) is 34.1 Å². The first-order valence-electron chi connectivity index (χ1n) is 7.24. The lowest BCUT2D eigenvalue weighted by Crippen LogP contribution is -2.30. The highest BCUT2D eigenvalue weighted by Gasteiger charge is 2.06. The van der Waals surface area contributed by atoms with E-state index >= 15 is 0 Å². The third-order valence-corrected chi connectivity index (χ3v) is 3.14. The quantitative estimate of drug-likeness (QED) is 0.718. The van der Waals surface area contributed by atoms with Gasteiger partial charge in [-0.2, -0.15) is 0 Å². The van der Waals surface area contributed by atoms with Gasteiger partial charge in [0, 0.05) is 25.2 Å². The fourth-order valence-electron chi connectivity index (χ4n) is 2.05. The maximum atomic E-state index is 4.31. The van der Waals surface area contributed by atoms with E-state index in [0.29, 0.717) is 0 Å². The highest BCUT2D eigenvalue weighted by Crippen LogP contribution is 2.17. The molecule has 0 saturated carbocycles. The van der Waals surface area contributed by atoms with Gasteiger partial charge in [-0.3, -0.25) is 0 Å². The molecule has 0 aliphatic heterocycles. The van der Waals surface area contributed by atoms with Crippen molar-refractivity contribution in [3.8, 4) is 0 Å². The molecule has 0 fully saturated rings. The molecule has 0 amide bonds. The van der Waals surface area contributed by atoms with Crippen LogP contribution in [0.5, 0.6) is 0 Å². The zero-order valence-electron chi connectivity index (χ0n) is 12.7. The van der Waals surface area contributed by atoms with Crippen LogP contribution in [0.3, 0.4) is 0 Å². The van der Waals surface area contributed by atoms with E-state index < -0.39 is 0 Å². The number of aromatic nitrogens is 2. The highest BCUT2D eigenvalue weighted by molar-refractivity contribution is 5.56. The van der Waals surface area contributed by atoms with E-state index in [1.807, 2.05) is 6.92 Å². The SMILES string of the molecule is CCCN(CC)CCNc1ncnc(NCC)c1C. The van der Waals surface area contributed by atoms with Crippen LogP contribution in [-0.2, 0) is 0 Å². The Morgan fingerprint density at radius 2 is 1.74 bits per heavy atom. The summed E-state index contributed by atoms with van der Waals surface area (Å²) in [6, 6.07) is 0. The van der Waals surface area contributed by atoms with E-state index in [2.05, 4.69) is 46.3 Å². The van der Waals surface area contributed by atoms with Crippen molar-refractivity contribution in [1.29, 1.82) is 0 Å². The lowest BCUT2D eigenvalue weighted by molar-refractivity contribution is 0.300. The van der Waals surface area contributed by atoms with Gasteiger partial charge < -0.3 is 15.5 Å². The molecule has 0 bridgehead atoms. The Balaban J connectivity index is 2.51. The van der Waals surface area contributed by atoms with Crippen LogP contribution in [0.4, 0.5) is 11.6 Å². The fraction of sp³-hybridized carbons (Fsp3) is 0.714. The summed E-state index contributed by atoms with van der Waals surface area (Å²) in [4.78, 5) is 11.0. The third kappa shape index (κ3) is 5.03. The molecule has 5 heteroatoms. The summed E-state index contributed by atoms with van der Waals surface area (Å²) in [5.41, 5.74) is 1.09. The molecule has 108 valence electrons. The van der Waals surface area contributed by atoms with Crippen molar-refractivity contribution in [3.63, 3.8) is 0 Å². The highest BCUT2D eigenvalue weighted by atomic mass is 15.1. The van der Waals surface area contributed by atoms with Crippen LogP contribution in [0.15, 0.2) is 6.33 Å². The summed E-state index contributed by atoms with van der Waals surface area (Å²) in [7, 11) is 0. The largest absolute Gasteiger partial charge is 0.370 e. The monoisotopic (exact) mass is 265 g/mol. The molecule has 0 aliphatic rings. The molecule has 0 radical (unpaired) electrons. The minimum atomic E-state index is 0.872. The fourth-order valence-corrected chi connectivity index (χ4v) is 2.05. The van der Waals surface area contributed by atoms with E-state index in [4.69, 9.17) is 0 Å². The number of likely N-dealkylation sites (N-methyl/N-ethyl adjacent to an activating group) is 1. The van der Waals surface area contributed by atoms with Gasteiger partial charge in [-0.1, -0.05) is 13.8 Å². The molecule has 0 aliphatic carbocycles. The standard InChI is InChI=1S/C14H27N5/c1-5-9-19(7-3)10-8-16-14-12(4)13(15-6-2)17-11-18-14/h11H,5-10H2,1-4H3,(H2,15,16,17,18). The van der Waals surface area contributed by atoms with E-state index in [1.54, 1.807) is 6.33 Å². The van der Waals surface area contributed by atoms with Gasteiger partial charge in [-0.05, 0) is 33.4 Å². The molecule has 0 atom stereocenters. The minimum absolute atomic E-state index is 0.872. The molecule has 0 aromatic carbocycles. The number of hydrogen-bond donors (Lipinski definition) is 2. The summed E-state index contributed by atoms with van der Waals surface area (Å²) >= 11 is 0. The van der Waals surface area contributed by atoms with Crippen LogP contribution >= 0.6 is 0 Å². The zero-order valence-corrected chi connectivity index (χ0v) is 12.7. The van der Waals surface area contributed by atoms with E-state index in [-0.39, 0.29) is 0 Å². The zero-order chi connectivity index (χ0) is 14.1. The summed E-state index contributed by atoms with van der Waals surface area (Å²) < 4.78 is 0. The summed E-state index contributed by atoms with van der Waals surface area (Å²) in [5.74, 6) is 1.85. The van der Waals surface area contributed by atoms with E-state index in [9.17, 15) is 0 Å². The normalized spacial score (nSPS) is 10.8. The van der Waals surface area contributed by atoms with E-state index in [0.717, 1.165) is 49.9 Å². The Kier molecular flexibility index (Phi) is 7.18. The topological polar surface area (TPSA) is 53.1 Å². The Morgan fingerprint density at radius 1 is 1.05 bits per heavy atom. The van der Waals surface area contributed by atoms with Gasteiger partial charge in [-0.25, -0.2) is 9.97 Å². The van der Waals surface area contributed by atoms with Gasteiger partial charge in [0.15, 0.2) is 0 Å². The van der Waals surface area contributed by atoms with Gasteiger partial charge >= 0.3 is 0 Å².